The van der Waals surface area contributed by atoms with Gasteiger partial charge in [0.1, 0.15) is 0 Å². The van der Waals surface area contributed by atoms with Crippen molar-refractivity contribution in [2.75, 3.05) is 5.32 Å². The molecule has 0 radical (unpaired) electrons. The molecule has 0 heterocycles. The van der Waals surface area contributed by atoms with Crippen molar-refractivity contribution in [1.29, 1.82) is 0 Å². The van der Waals surface area contributed by atoms with Gasteiger partial charge in [-0.25, -0.2) is 0 Å². The van der Waals surface area contributed by atoms with Gasteiger partial charge in [-0.3, -0.25) is 9.59 Å². The maximum Gasteiger partial charge on any atom is 0.253 e. The summed E-state index contributed by atoms with van der Waals surface area (Å²) in [5, 5.41) is 5.96. The molecule has 0 aliphatic heterocycles. The third kappa shape index (κ3) is 3.26. The molecule has 2 N–H and O–H groups in total. The molecule has 0 saturated heterocycles. The zero-order valence-corrected chi connectivity index (χ0v) is 13.4. The zero-order valence-electron chi connectivity index (χ0n) is 13.4. The first-order chi connectivity index (χ1) is 11.2. The molecular weight excluding hydrogens is 288 g/mol. The molecular formula is C19H24N2O2. The minimum Gasteiger partial charge on any atom is -0.349 e. The number of anilines is 1. The highest BCUT2D eigenvalue weighted by atomic mass is 16.2. The van der Waals surface area contributed by atoms with Crippen LogP contribution in [0.1, 0.15) is 55.3 Å². The second-order valence-electron chi connectivity index (χ2n) is 7.48. The van der Waals surface area contributed by atoms with Crippen molar-refractivity contribution in [3.05, 3.63) is 29.8 Å². The molecule has 3 atom stereocenters. The second-order valence-corrected chi connectivity index (χ2v) is 7.48. The molecule has 3 aliphatic carbocycles. The Balaban J connectivity index is 1.39. The molecule has 23 heavy (non-hydrogen) atoms. The van der Waals surface area contributed by atoms with Gasteiger partial charge in [-0.05, 0) is 62.0 Å². The van der Waals surface area contributed by atoms with E-state index in [1.165, 1.54) is 25.7 Å². The Labute approximate surface area is 137 Å². The van der Waals surface area contributed by atoms with E-state index in [1.54, 1.807) is 6.07 Å². The number of hydrogen-bond acceptors (Lipinski definition) is 2. The van der Waals surface area contributed by atoms with E-state index in [1.807, 2.05) is 18.2 Å². The number of rotatable bonds is 5. The van der Waals surface area contributed by atoms with Crippen LogP contribution in [-0.4, -0.2) is 17.9 Å². The molecule has 1 aromatic rings. The smallest absolute Gasteiger partial charge is 0.253 e. The van der Waals surface area contributed by atoms with Crippen LogP contribution in [0.5, 0.6) is 0 Å². The van der Waals surface area contributed by atoms with Crippen LogP contribution in [0.25, 0.3) is 0 Å². The summed E-state index contributed by atoms with van der Waals surface area (Å²) in [4.78, 5) is 24.7. The average Bonchev–Trinajstić information content (AvgIpc) is 3.10. The lowest BCUT2D eigenvalue weighted by Gasteiger charge is -2.21. The Kier molecular flexibility index (Phi) is 3.83. The quantitative estimate of drug-likeness (QED) is 0.876. The van der Waals surface area contributed by atoms with Crippen molar-refractivity contribution in [3.63, 3.8) is 0 Å². The van der Waals surface area contributed by atoms with E-state index in [0.717, 1.165) is 24.7 Å². The van der Waals surface area contributed by atoms with Gasteiger partial charge in [-0.15, -0.1) is 0 Å². The maximum atomic E-state index is 12.4. The molecule has 2 amide bonds. The second kappa shape index (κ2) is 5.99. The Morgan fingerprint density at radius 3 is 2.57 bits per heavy atom. The van der Waals surface area contributed by atoms with Gasteiger partial charge in [0.25, 0.3) is 5.91 Å². The summed E-state index contributed by atoms with van der Waals surface area (Å²) < 4.78 is 0. The number of hydrogen-bond donors (Lipinski definition) is 2. The van der Waals surface area contributed by atoms with E-state index in [4.69, 9.17) is 0 Å². The summed E-state index contributed by atoms with van der Waals surface area (Å²) in [6.07, 6.45) is 7.89. The van der Waals surface area contributed by atoms with Crippen LogP contribution < -0.4 is 10.6 Å². The molecule has 122 valence electrons. The van der Waals surface area contributed by atoms with Crippen LogP contribution in [0, 0.1) is 17.8 Å². The molecule has 0 unspecified atom stereocenters. The lowest BCUT2D eigenvalue weighted by molar-refractivity contribution is -0.117. The van der Waals surface area contributed by atoms with Crippen molar-refractivity contribution in [2.45, 2.75) is 51.0 Å². The van der Waals surface area contributed by atoms with Gasteiger partial charge < -0.3 is 10.6 Å². The minimum absolute atomic E-state index is 0.0502. The van der Waals surface area contributed by atoms with Crippen molar-refractivity contribution in [1.82, 2.24) is 5.32 Å². The van der Waals surface area contributed by atoms with E-state index in [-0.39, 0.29) is 11.8 Å². The first-order valence-electron chi connectivity index (χ1n) is 8.89. The van der Waals surface area contributed by atoms with Crippen LogP contribution in [0.4, 0.5) is 5.69 Å². The number of benzene rings is 1. The van der Waals surface area contributed by atoms with Crippen LogP contribution in [0.15, 0.2) is 24.3 Å². The van der Waals surface area contributed by atoms with E-state index in [2.05, 4.69) is 10.6 Å². The summed E-state index contributed by atoms with van der Waals surface area (Å²) in [6.45, 7) is 0. The van der Waals surface area contributed by atoms with E-state index in [9.17, 15) is 9.59 Å². The molecule has 3 aliphatic rings. The maximum absolute atomic E-state index is 12.4. The fraction of sp³-hybridized carbons (Fsp3) is 0.579. The topological polar surface area (TPSA) is 58.2 Å². The van der Waals surface area contributed by atoms with Gasteiger partial charge in [-0.2, -0.15) is 0 Å². The standard InChI is InChI=1S/C19H24N2O2/c22-18(11-14-10-12-5-6-13(14)9-12)21-17-4-2-1-3-16(17)19(23)20-15-7-8-15/h1-4,12-15H,5-11H2,(H,20,23)(H,21,22)/t12-,13-,14+/m0/s1. The Morgan fingerprint density at radius 1 is 1.04 bits per heavy atom. The summed E-state index contributed by atoms with van der Waals surface area (Å²) in [5.74, 6) is 2.12. The van der Waals surface area contributed by atoms with Gasteiger partial charge in [-0.1, -0.05) is 18.6 Å². The Bertz CT molecular complexity index is 624. The number of nitrogens with one attached hydrogen (secondary N) is 2. The lowest BCUT2D eigenvalue weighted by Crippen LogP contribution is -2.27. The van der Waals surface area contributed by atoms with E-state index < -0.39 is 0 Å². The third-order valence-electron chi connectivity index (χ3n) is 5.69. The first-order valence-corrected chi connectivity index (χ1v) is 8.89. The normalized spacial score (nSPS) is 28.6. The number of amides is 2. The molecule has 1 aromatic carbocycles. The summed E-state index contributed by atoms with van der Waals surface area (Å²) in [5.41, 5.74) is 1.21. The Hall–Kier alpha value is -1.84. The van der Waals surface area contributed by atoms with Gasteiger partial charge >= 0.3 is 0 Å². The summed E-state index contributed by atoms with van der Waals surface area (Å²) in [6, 6.07) is 7.63. The highest BCUT2D eigenvalue weighted by Gasteiger charge is 2.40. The highest BCUT2D eigenvalue weighted by molar-refractivity contribution is 6.03. The SMILES string of the molecule is O=C(C[C@H]1C[C@H]2CC[C@H]1C2)Nc1ccccc1C(=O)NC1CC1. The molecule has 4 heteroatoms. The van der Waals surface area contributed by atoms with Crippen molar-refractivity contribution in [3.8, 4) is 0 Å². The number of para-hydroxylation sites is 1. The molecule has 3 saturated carbocycles. The van der Waals surface area contributed by atoms with Crippen LogP contribution >= 0.6 is 0 Å². The number of carbonyl (C=O) groups excluding carboxylic acids is 2. The predicted octanol–water partition coefficient (Wildman–Crippen LogP) is 3.34. The number of fused-ring (bicyclic) bond motifs is 2. The van der Waals surface area contributed by atoms with Gasteiger partial charge in [0.2, 0.25) is 5.91 Å². The summed E-state index contributed by atoms with van der Waals surface area (Å²) in [7, 11) is 0. The zero-order chi connectivity index (χ0) is 15.8. The van der Waals surface area contributed by atoms with Crippen molar-refractivity contribution >= 4 is 17.5 Å². The molecule has 2 bridgehead atoms. The molecule has 0 spiro atoms. The monoisotopic (exact) mass is 312 g/mol. The minimum atomic E-state index is -0.0803. The van der Waals surface area contributed by atoms with Crippen LogP contribution in [0.3, 0.4) is 0 Å². The Morgan fingerprint density at radius 2 is 1.87 bits per heavy atom. The molecule has 0 aromatic heterocycles. The fourth-order valence-electron chi connectivity index (χ4n) is 4.35. The average molecular weight is 312 g/mol. The van der Waals surface area contributed by atoms with Gasteiger partial charge in [0, 0.05) is 12.5 Å². The van der Waals surface area contributed by atoms with Gasteiger partial charge in [0.05, 0.1) is 11.3 Å². The summed E-state index contributed by atoms with van der Waals surface area (Å²) >= 11 is 0. The van der Waals surface area contributed by atoms with Crippen molar-refractivity contribution in [2.24, 2.45) is 17.8 Å². The third-order valence-corrected chi connectivity index (χ3v) is 5.69. The predicted molar refractivity (Wildman–Crippen MR) is 89.1 cm³/mol. The van der Waals surface area contributed by atoms with Crippen LogP contribution in [-0.2, 0) is 4.79 Å². The lowest BCUT2D eigenvalue weighted by atomic mass is 9.86. The molecule has 4 rings (SSSR count). The van der Waals surface area contributed by atoms with Gasteiger partial charge in [0.15, 0.2) is 0 Å². The first kappa shape index (κ1) is 14.7. The van der Waals surface area contributed by atoms with Crippen molar-refractivity contribution < 1.29 is 9.59 Å². The molecule has 3 fully saturated rings. The van der Waals surface area contributed by atoms with E-state index >= 15 is 0 Å². The number of carbonyl (C=O) groups is 2. The highest BCUT2D eigenvalue weighted by Crippen LogP contribution is 2.49. The largest absolute Gasteiger partial charge is 0.349 e. The van der Waals surface area contributed by atoms with Crippen LogP contribution in [0.2, 0.25) is 0 Å². The fourth-order valence-corrected chi connectivity index (χ4v) is 4.35. The molecule has 4 nitrogen and oxygen atoms in total. The van der Waals surface area contributed by atoms with E-state index in [0.29, 0.717) is 29.6 Å².